The Kier molecular flexibility index (Phi) is 1.14. The normalized spacial score (nSPS) is 9.33. The van der Waals surface area contributed by atoms with Gasteiger partial charge in [-0.2, -0.15) is 0 Å². The molecule has 4 nitrogen and oxygen atoms in total. The molecular formula is C5H5NO3. The number of carbonyl (C=O) groups is 1. The summed E-state index contributed by atoms with van der Waals surface area (Å²) >= 11 is 0. The maximum Gasteiger partial charge on any atom is 0.232 e. The van der Waals surface area contributed by atoms with Gasteiger partial charge in [0.05, 0.1) is 5.56 Å². The molecule has 0 atom stereocenters. The van der Waals surface area contributed by atoms with Crippen molar-refractivity contribution in [2.45, 2.75) is 0 Å². The topological polar surface area (TPSA) is 73.3 Å². The lowest BCUT2D eigenvalue weighted by Gasteiger charge is -1.84. The minimum atomic E-state index is -0.398. The lowest BCUT2D eigenvalue weighted by Crippen LogP contribution is -1.70. The summed E-state index contributed by atoms with van der Waals surface area (Å²) in [4.78, 5) is 12.2. The van der Waals surface area contributed by atoms with Gasteiger partial charge in [-0.1, -0.05) is 0 Å². The first-order valence-electron chi connectivity index (χ1n) is 2.30. The van der Waals surface area contributed by atoms with Crippen LogP contribution in [0.1, 0.15) is 10.4 Å². The molecule has 1 heterocycles. The number of hydrogen-bond acceptors (Lipinski definition) is 3. The van der Waals surface area contributed by atoms with Gasteiger partial charge in [-0.3, -0.25) is 4.79 Å². The molecule has 3 N–H and O–H groups in total. The van der Waals surface area contributed by atoms with E-state index in [2.05, 4.69) is 4.98 Å². The van der Waals surface area contributed by atoms with Crippen molar-refractivity contribution in [2.24, 2.45) is 0 Å². The Morgan fingerprint density at radius 2 is 2.22 bits per heavy atom. The monoisotopic (exact) mass is 127 g/mol. The summed E-state index contributed by atoms with van der Waals surface area (Å²) in [6.07, 6.45) is 1.67. The average Bonchev–Trinajstić information content (AvgIpc) is 2.15. The molecule has 0 aliphatic carbocycles. The minimum Gasteiger partial charge on any atom is -0.503 e. The summed E-state index contributed by atoms with van der Waals surface area (Å²) in [5.41, 5.74) is 0.0625. The molecule has 1 aromatic heterocycles. The Bertz CT molecular complexity index is 228. The Labute approximate surface area is 50.8 Å². The summed E-state index contributed by atoms with van der Waals surface area (Å²) in [7, 11) is 0. The van der Waals surface area contributed by atoms with Crippen molar-refractivity contribution in [3.63, 3.8) is 0 Å². The van der Waals surface area contributed by atoms with Crippen LogP contribution in [0.3, 0.4) is 0 Å². The highest BCUT2D eigenvalue weighted by Gasteiger charge is 2.05. The van der Waals surface area contributed by atoms with Crippen LogP contribution in [-0.4, -0.2) is 21.5 Å². The Balaban J connectivity index is 3.18. The first kappa shape index (κ1) is 5.68. The molecule has 0 unspecified atom stereocenters. The van der Waals surface area contributed by atoms with Gasteiger partial charge in [-0.15, -0.1) is 0 Å². The van der Waals surface area contributed by atoms with E-state index in [1.165, 1.54) is 6.20 Å². The summed E-state index contributed by atoms with van der Waals surface area (Å²) in [6.45, 7) is 0. The van der Waals surface area contributed by atoms with Crippen LogP contribution in [-0.2, 0) is 0 Å². The maximum atomic E-state index is 9.95. The Hall–Kier alpha value is -1.45. The van der Waals surface area contributed by atoms with Gasteiger partial charge in [0.2, 0.25) is 5.88 Å². The molecule has 9 heavy (non-hydrogen) atoms. The van der Waals surface area contributed by atoms with E-state index in [1.807, 2.05) is 0 Å². The molecule has 0 aromatic carbocycles. The quantitative estimate of drug-likeness (QED) is 0.473. The first-order valence-corrected chi connectivity index (χ1v) is 2.30. The molecule has 0 fully saturated rings. The fourth-order valence-electron chi connectivity index (χ4n) is 0.509. The number of rotatable bonds is 1. The maximum absolute atomic E-state index is 9.95. The van der Waals surface area contributed by atoms with E-state index in [-0.39, 0.29) is 11.4 Å². The van der Waals surface area contributed by atoms with Gasteiger partial charge < -0.3 is 15.2 Å². The van der Waals surface area contributed by atoms with E-state index in [1.54, 1.807) is 0 Å². The van der Waals surface area contributed by atoms with E-state index in [0.29, 0.717) is 6.29 Å². The van der Waals surface area contributed by atoms with Crippen LogP contribution in [0, 0.1) is 0 Å². The second kappa shape index (κ2) is 1.81. The standard InChI is InChI=1S/C5H5NO3/c7-2-3-1-6-5(9)4(3)8/h1-2,6,8-9H. The second-order valence-corrected chi connectivity index (χ2v) is 1.56. The second-order valence-electron chi connectivity index (χ2n) is 1.56. The number of aldehydes is 1. The summed E-state index contributed by atoms with van der Waals surface area (Å²) < 4.78 is 0. The molecule has 1 aromatic rings. The number of nitrogens with one attached hydrogen (secondary N) is 1. The lowest BCUT2D eigenvalue weighted by molar-refractivity contribution is 0.112. The van der Waals surface area contributed by atoms with Crippen LogP contribution in [0.15, 0.2) is 6.20 Å². The third-order valence-electron chi connectivity index (χ3n) is 0.989. The molecule has 0 aliphatic rings. The Morgan fingerprint density at radius 1 is 1.56 bits per heavy atom. The molecule has 1 rings (SSSR count). The van der Waals surface area contributed by atoms with E-state index in [9.17, 15) is 4.79 Å². The largest absolute Gasteiger partial charge is 0.503 e. The van der Waals surface area contributed by atoms with Gasteiger partial charge in [-0.25, -0.2) is 0 Å². The smallest absolute Gasteiger partial charge is 0.232 e. The van der Waals surface area contributed by atoms with Crippen LogP contribution in [0.5, 0.6) is 11.6 Å². The lowest BCUT2D eigenvalue weighted by atomic mass is 10.3. The highest BCUT2D eigenvalue weighted by Crippen LogP contribution is 2.25. The van der Waals surface area contributed by atoms with E-state index < -0.39 is 5.75 Å². The molecular weight excluding hydrogens is 122 g/mol. The van der Waals surface area contributed by atoms with Gasteiger partial charge in [0, 0.05) is 6.20 Å². The van der Waals surface area contributed by atoms with Gasteiger partial charge in [0.1, 0.15) is 0 Å². The summed E-state index contributed by atoms with van der Waals surface area (Å²) in [5.74, 6) is -0.776. The molecule has 0 bridgehead atoms. The van der Waals surface area contributed by atoms with Crippen molar-refractivity contribution in [1.82, 2.24) is 4.98 Å². The molecule has 0 amide bonds. The molecule has 0 saturated carbocycles. The summed E-state index contributed by atoms with van der Waals surface area (Å²) in [6, 6.07) is 0. The average molecular weight is 127 g/mol. The molecule has 0 radical (unpaired) electrons. The zero-order chi connectivity index (χ0) is 6.85. The number of aromatic nitrogens is 1. The number of carbonyl (C=O) groups excluding carboxylic acids is 1. The van der Waals surface area contributed by atoms with Crippen molar-refractivity contribution in [3.05, 3.63) is 11.8 Å². The molecule has 4 heteroatoms. The van der Waals surface area contributed by atoms with Crippen LogP contribution >= 0.6 is 0 Å². The molecule has 0 spiro atoms. The zero-order valence-electron chi connectivity index (χ0n) is 4.46. The van der Waals surface area contributed by atoms with Gasteiger partial charge in [-0.05, 0) is 0 Å². The number of H-pyrrole nitrogens is 1. The van der Waals surface area contributed by atoms with Crippen molar-refractivity contribution in [3.8, 4) is 11.6 Å². The van der Waals surface area contributed by atoms with E-state index in [4.69, 9.17) is 10.2 Å². The van der Waals surface area contributed by atoms with Crippen LogP contribution in [0.25, 0.3) is 0 Å². The van der Waals surface area contributed by atoms with Crippen LogP contribution in [0.4, 0.5) is 0 Å². The van der Waals surface area contributed by atoms with E-state index in [0.717, 1.165) is 0 Å². The van der Waals surface area contributed by atoms with Gasteiger partial charge in [0.25, 0.3) is 0 Å². The minimum absolute atomic E-state index is 0.0625. The van der Waals surface area contributed by atoms with Gasteiger partial charge >= 0.3 is 0 Å². The molecule has 0 saturated heterocycles. The van der Waals surface area contributed by atoms with Crippen molar-refractivity contribution >= 4 is 6.29 Å². The van der Waals surface area contributed by atoms with Crippen molar-refractivity contribution in [2.75, 3.05) is 0 Å². The van der Waals surface area contributed by atoms with Gasteiger partial charge in [0.15, 0.2) is 12.0 Å². The molecule has 0 aliphatic heterocycles. The fourth-order valence-corrected chi connectivity index (χ4v) is 0.509. The first-order chi connectivity index (χ1) is 4.25. The molecule has 48 valence electrons. The van der Waals surface area contributed by atoms with Crippen molar-refractivity contribution in [1.29, 1.82) is 0 Å². The predicted molar refractivity (Wildman–Crippen MR) is 29.5 cm³/mol. The van der Waals surface area contributed by atoms with Crippen molar-refractivity contribution < 1.29 is 15.0 Å². The van der Waals surface area contributed by atoms with E-state index >= 15 is 0 Å². The van der Waals surface area contributed by atoms with Crippen LogP contribution < -0.4 is 0 Å². The third-order valence-corrected chi connectivity index (χ3v) is 0.989. The summed E-state index contributed by atoms with van der Waals surface area (Å²) in [5, 5.41) is 17.3. The third kappa shape index (κ3) is 0.739. The predicted octanol–water partition coefficient (Wildman–Crippen LogP) is 0.238. The zero-order valence-corrected chi connectivity index (χ0v) is 4.46. The number of hydrogen-bond donors (Lipinski definition) is 3. The fraction of sp³-hybridized carbons (Fsp3) is 0. The highest BCUT2D eigenvalue weighted by molar-refractivity contribution is 5.80. The van der Waals surface area contributed by atoms with Crippen LogP contribution in [0.2, 0.25) is 0 Å². The Morgan fingerprint density at radius 3 is 2.44 bits per heavy atom. The number of aromatic hydroxyl groups is 2. The number of aromatic amines is 1. The highest BCUT2D eigenvalue weighted by atomic mass is 16.3. The SMILES string of the molecule is O=Cc1c[nH]c(O)c1O.